The fourth-order valence-electron chi connectivity index (χ4n) is 4.64. The first-order valence-electron chi connectivity index (χ1n) is 12.2. The maximum absolute atomic E-state index is 4.64. The van der Waals surface area contributed by atoms with Crippen molar-refractivity contribution in [3.05, 3.63) is 73.3 Å². The van der Waals surface area contributed by atoms with Crippen molar-refractivity contribution in [2.75, 3.05) is 42.9 Å². The predicted octanol–water partition coefficient (Wildman–Crippen LogP) is 4.89. The summed E-state index contributed by atoms with van der Waals surface area (Å²) in [5.41, 5.74) is 4.06. The number of piperazine rings is 1. The standard InChI is InChI=1S/C28H33N7/c1-20(2)18-34-9-11-35(12-10-34)28-15-22(7-8-29-28)21(3)32-27-14-25-13-23(5-6-24(25)16-30-27)26-17-31-33(4)19-26/h5-8,13-17,19-20H,3,9-12,18H2,1-2,4H3,(H,30,32). The summed E-state index contributed by atoms with van der Waals surface area (Å²) >= 11 is 0. The molecule has 0 amide bonds. The number of hydrogen-bond acceptors (Lipinski definition) is 6. The SMILES string of the molecule is C=C(Nc1cc2cc(-c3cnn(C)c3)ccc2cn1)c1ccnc(N2CCN(CC(C)C)CC2)c1. The van der Waals surface area contributed by atoms with Crippen LogP contribution in [0.1, 0.15) is 19.4 Å². The first kappa shape index (κ1) is 23.1. The molecular weight excluding hydrogens is 434 g/mol. The Bertz CT molecular complexity index is 1330. The summed E-state index contributed by atoms with van der Waals surface area (Å²) in [6, 6.07) is 12.6. The lowest BCUT2D eigenvalue weighted by Gasteiger charge is -2.36. The van der Waals surface area contributed by atoms with Crippen molar-refractivity contribution in [3.8, 4) is 11.1 Å². The lowest BCUT2D eigenvalue weighted by atomic mass is 10.0. The van der Waals surface area contributed by atoms with Crippen molar-refractivity contribution < 1.29 is 0 Å². The molecule has 5 rings (SSSR count). The van der Waals surface area contributed by atoms with Crippen LogP contribution in [-0.4, -0.2) is 57.4 Å². The van der Waals surface area contributed by atoms with Crippen molar-refractivity contribution in [2.45, 2.75) is 13.8 Å². The average molecular weight is 468 g/mol. The second-order valence-electron chi connectivity index (χ2n) is 9.72. The second-order valence-corrected chi connectivity index (χ2v) is 9.72. The number of fused-ring (bicyclic) bond motifs is 1. The van der Waals surface area contributed by atoms with Crippen LogP contribution in [0, 0.1) is 5.92 Å². The third kappa shape index (κ3) is 5.35. The van der Waals surface area contributed by atoms with Gasteiger partial charge < -0.3 is 10.2 Å². The van der Waals surface area contributed by atoms with Gasteiger partial charge in [-0.25, -0.2) is 9.97 Å². The number of nitrogens with one attached hydrogen (secondary N) is 1. The minimum Gasteiger partial charge on any atom is -0.354 e. The van der Waals surface area contributed by atoms with Crippen LogP contribution in [0.4, 0.5) is 11.6 Å². The number of benzene rings is 1. The molecule has 0 unspecified atom stereocenters. The number of rotatable bonds is 7. The summed E-state index contributed by atoms with van der Waals surface area (Å²) in [6.45, 7) is 14.1. The monoisotopic (exact) mass is 467 g/mol. The van der Waals surface area contributed by atoms with Gasteiger partial charge in [-0.2, -0.15) is 5.10 Å². The molecule has 3 aromatic heterocycles. The molecule has 7 heteroatoms. The van der Waals surface area contributed by atoms with E-state index in [0.717, 1.165) is 77.5 Å². The smallest absolute Gasteiger partial charge is 0.130 e. The highest BCUT2D eigenvalue weighted by molar-refractivity contribution is 5.89. The van der Waals surface area contributed by atoms with Crippen LogP contribution in [0.3, 0.4) is 0 Å². The molecule has 4 aromatic rings. The fourth-order valence-corrected chi connectivity index (χ4v) is 4.64. The van der Waals surface area contributed by atoms with Gasteiger partial charge in [-0.15, -0.1) is 0 Å². The topological polar surface area (TPSA) is 62.1 Å². The van der Waals surface area contributed by atoms with Crippen molar-refractivity contribution in [1.29, 1.82) is 0 Å². The Balaban J connectivity index is 1.29. The number of hydrogen-bond donors (Lipinski definition) is 1. The number of aromatic nitrogens is 4. The summed E-state index contributed by atoms with van der Waals surface area (Å²) in [4.78, 5) is 14.1. The van der Waals surface area contributed by atoms with Crippen LogP contribution >= 0.6 is 0 Å². The molecule has 1 saturated heterocycles. The highest BCUT2D eigenvalue weighted by Crippen LogP contribution is 2.27. The molecule has 1 aromatic carbocycles. The third-order valence-electron chi connectivity index (χ3n) is 6.45. The van der Waals surface area contributed by atoms with Crippen LogP contribution in [0.15, 0.2) is 67.8 Å². The average Bonchev–Trinajstić information content (AvgIpc) is 3.30. The fraction of sp³-hybridized carbons (Fsp3) is 0.321. The molecule has 7 nitrogen and oxygen atoms in total. The van der Waals surface area contributed by atoms with Crippen LogP contribution in [0.25, 0.3) is 27.6 Å². The zero-order valence-electron chi connectivity index (χ0n) is 20.8. The predicted molar refractivity (Wildman–Crippen MR) is 144 cm³/mol. The molecule has 1 N–H and O–H groups in total. The molecule has 0 atom stereocenters. The molecule has 180 valence electrons. The quantitative estimate of drug-likeness (QED) is 0.418. The molecule has 35 heavy (non-hydrogen) atoms. The molecule has 0 radical (unpaired) electrons. The van der Waals surface area contributed by atoms with Gasteiger partial charge in [0, 0.05) is 80.6 Å². The van der Waals surface area contributed by atoms with Gasteiger partial charge in [-0.1, -0.05) is 32.6 Å². The van der Waals surface area contributed by atoms with E-state index in [0.29, 0.717) is 5.92 Å². The molecule has 4 heterocycles. The van der Waals surface area contributed by atoms with Gasteiger partial charge in [0.05, 0.1) is 6.20 Å². The Labute approximate surface area is 207 Å². The van der Waals surface area contributed by atoms with E-state index in [4.69, 9.17) is 0 Å². The molecule has 1 aliphatic heterocycles. The minimum absolute atomic E-state index is 0.697. The van der Waals surface area contributed by atoms with Gasteiger partial charge in [0.1, 0.15) is 11.6 Å². The van der Waals surface area contributed by atoms with Gasteiger partial charge in [-0.05, 0) is 41.1 Å². The number of nitrogens with zero attached hydrogens (tertiary/aromatic N) is 6. The van der Waals surface area contributed by atoms with E-state index in [9.17, 15) is 0 Å². The van der Waals surface area contributed by atoms with E-state index in [-0.39, 0.29) is 0 Å². The largest absolute Gasteiger partial charge is 0.354 e. The summed E-state index contributed by atoms with van der Waals surface area (Å²) in [5.74, 6) is 2.47. The van der Waals surface area contributed by atoms with Crippen LogP contribution in [-0.2, 0) is 7.05 Å². The maximum Gasteiger partial charge on any atom is 0.130 e. The van der Waals surface area contributed by atoms with E-state index < -0.39 is 0 Å². The summed E-state index contributed by atoms with van der Waals surface area (Å²) in [5, 5.41) is 9.90. The molecule has 0 bridgehead atoms. The Morgan fingerprint density at radius 3 is 2.54 bits per heavy atom. The zero-order valence-corrected chi connectivity index (χ0v) is 20.8. The Hall–Kier alpha value is -3.71. The highest BCUT2D eigenvalue weighted by Gasteiger charge is 2.19. The van der Waals surface area contributed by atoms with E-state index in [1.165, 1.54) is 0 Å². The van der Waals surface area contributed by atoms with Crippen LogP contribution in [0.2, 0.25) is 0 Å². The minimum atomic E-state index is 0.697. The van der Waals surface area contributed by atoms with Crippen molar-refractivity contribution in [2.24, 2.45) is 13.0 Å². The van der Waals surface area contributed by atoms with Gasteiger partial charge in [-0.3, -0.25) is 9.58 Å². The lowest BCUT2D eigenvalue weighted by Crippen LogP contribution is -2.47. The first-order chi connectivity index (χ1) is 16.9. The molecule has 1 fully saturated rings. The van der Waals surface area contributed by atoms with E-state index in [1.54, 1.807) is 0 Å². The lowest BCUT2D eigenvalue weighted by molar-refractivity contribution is 0.231. The summed E-state index contributed by atoms with van der Waals surface area (Å²) < 4.78 is 1.82. The van der Waals surface area contributed by atoms with Crippen LogP contribution < -0.4 is 10.2 Å². The number of aryl methyl sites for hydroxylation is 1. The molecule has 1 aliphatic rings. The zero-order chi connectivity index (χ0) is 24.4. The second kappa shape index (κ2) is 9.88. The summed E-state index contributed by atoms with van der Waals surface area (Å²) in [6.07, 6.45) is 7.67. The van der Waals surface area contributed by atoms with Crippen molar-refractivity contribution in [1.82, 2.24) is 24.6 Å². The molecule has 0 aliphatic carbocycles. The Morgan fingerprint density at radius 2 is 1.80 bits per heavy atom. The Kier molecular flexibility index (Phi) is 6.51. The summed E-state index contributed by atoms with van der Waals surface area (Å²) in [7, 11) is 1.93. The first-order valence-corrected chi connectivity index (χ1v) is 12.2. The highest BCUT2D eigenvalue weighted by atomic mass is 15.3. The molecule has 0 spiro atoms. The van der Waals surface area contributed by atoms with Gasteiger partial charge in [0.25, 0.3) is 0 Å². The molecule has 0 saturated carbocycles. The number of pyridine rings is 2. The van der Waals surface area contributed by atoms with E-state index in [1.807, 2.05) is 42.6 Å². The van der Waals surface area contributed by atoms with Gasteiger partial charge in [0.15, 0.2) is 0 Å². The van der Waals surface area contributed by atoms with Crippen molar-refractivity contribution in [3.63, 3.8) is 0 Å². The van der Waals surface area contributed by atoms with Crippen LogP contribution in [0.5, 0.6) is 0 Å². The van der Waals surface area contributed by atoms with Gasteiger partial charge in [0.2, 0.25) is 0 Å². The Morgan fingerprint density at radius 1 is 0.971 bits per heavy atom. The maximum atomic E-state index is 4.64. The third-order valence-corrected chi connectivity index (χ3v) is 6.45. The normalized spacial score (nSPS) is 14.6. The van der Waals surface area contributed by atoms with E-state index in [2.05, 4.69) is 80.9 Å². The van der Waals surface area contributed by atoms with Crippen molar-refractivity contribution >= 4 is 28.1 Å². The van der Waals surface area contributed by atoms with Gasteiger partial charge >= 0.3 is 0 Å². The molecular formula is C28H33N7. The number of anilines is 2. The van der Waals surface area contributed by atoms with E-state index >= 15 is 0 Å².